The zero-order valence-corrected chi connectivity index (χ0v) is 25.3. The largest absolute Gasteiger partial charge is 0.310 e. The Labute approximate surface area is 265 Å². The van der Waals surface area contributed by atoms with Crippen molar-refractivity contribution in [2.75, 3.05) is 4.90 Å². The molecule has 0 amide bonds. The van der Waals surface area contributed by atoms with Crippen LogP contribution in [-0.4, -0.2) is 4.57 Å². The molecule has 0 radical (unpaired) electrons. The van der Waals surface area contributed by atoms with E-state index < -0.39 is 0 Å². The molecule has 0 N–H and O–H groups in total. The Hall–Kier alpha value is -5.64. The Morgan fingerprint density at radius 2 is 1.07 bits per heavy atom. The fourth-order valence-electron chi connectivity index (χ4n) is 6.78. The number of hydrogen-bond donors (Lipinski definition) is 0. The van der Waals surface area contributed by atoms with E-state index in [0.717, 1.165) is 17.1 Å². The minimum absolute atomic E-state index is 1.12. The van der Waals surface area contributed by atoms with Crippen LogP contribution in [0.4, 0.5) is 17.1 Å². The van der Waals surface area contributed by atoms with Gasteiger partial charge in [0.1, 0.15) is 0 Å². The molecule has 3 heteroatoms. The number of benzene rings is 7. The van der Waals surface area contributed by atoms with E-state index in [-0.39, 0.29) is 0 Å². The normalized spacial score (nSPS) is 11.6. The van der Waals surface area contributed by atoms with Crippen LogP contribution in [0.15, 0.2) is 170 Å². The topological polar surface area (TPSA) is 8.17 Å². The first-order chi connectivity index (χ1) is 22.3. The summed E-state index contributed by atoms with van der Waals surface area (Å²) in [6.07, 6.45) is 0. The van der Waals surface area contributed by atoms with Gasteiger partial charge >= 0.3 is 0 Å². The lowest BCUT2D eigenvalue weighted by molar-refractivity contribution is 1.19. The van der Waals surface area contributed by atoms with Gasteiger partial charge < -0.3 is 9.47 Å². The molecule has 0 bridgehead atoms. The predicted octanol–water partition coefficient (Wildman–Crippen LogP) is 12.3. The summed E-state index contributed by atoms with van der Waals surface area (Å²) in [4.78, 5) is 2.40. The summed E-state index contributed by atoms with van der Waals surface area (Å²) < 4.78 is 5.07. The first-order valence-corrected chi connectivity index (χ1v) is 16.1. The van der Waals surface area contributed by atoms with Gasteiger partial charge in [0.05, 0.1) is 16.7 Å². The molecule has 2 aromatic heterocycles. The van der Waals surface area contributed by atoms with E-state index in [1.54, 1.807) is 0 Å². The van der Waals surface area contributed by atoms with Crippen LogP contribution in [-0.2, 0) is 0 Å². The molecule has 0 saturated carbocycles. The van der Waals surface area contributed by atoms with Gasteiger partial charge in [-0.3, -0.25) is 0 Å². The Morgan fingerprint density at radius 3 is 1.93 bits per heavy atom. The van der Waals surface area contributed by atoms with Crippen LogP contribution >= 0.6 is 11.3 Å². The summed E-state index contributed by atoms with van der Waals surface area (Å²) in [5, 5.41) is 5.09. The molecule has 2 heterocycles. The molecular formula is C42H28N2S. The standard InChI is InChI=1S/C42H28N2S/c1-3-13-29(14-4-1)30-15-11-18-32(27-30)43(31-16-5-2-6-17-31)38-22-12-23-39-42(38)35-20-7-9-21-37(35)44(39)33-25-26-41-36(28-33)34-19-8-10-24-40(34)45-41/h1-28H. The van der Waals surface area contributed by atoms with Crippen molar-refractivity contribution in [1.82, 2.24) is 4.57 Å². The average Bonchev–Trinajstić information content (AvgIpc) is 3.65. The second-order valence-electron chi connectivity index (χ2n) is 11.4. The maximum atomic E-state index is 2.43. The zero-order chi connectivity index (χ0) is 29.7. The molecule has 0 aliphatic rings. The van der Waals surface area contributed by atoms with Crippen molar-refractivity contribution in [1.29, 1.82) is 0 Å². The molecule has 0 unspecified atom stereocenters. The third-order valence-electron chi connectivity index (χ3n) is 8.76. The third-order valence-corrected chi connectivity index (χ3v) is 9.91. The van der Waals surface area contributed by atoms with Crippen molar-refractivity contribution in [3.8, 4) is 16.8 Å². The molecule has 0 atom stereocenters. The van der Waals surface area contributed by atoms with Gasteiger partial charge in [0.2, 0.25) is 0 Å². The number of rotatable bonds is 5. The SMILES string of the molecule is c1ccc(-c2cccc(N(c3ccccc3)c3cccc4c3c3ccccc3n4-c3ccc4sc5ccccc5c4c3)c2)cc1. The first-order valence-electron chi connectivity index (χ1n) is 15.3. The van der Waals surface area contributed by atoms with E-state index in [2.05, 4.69) is 179 Å². The van der Waals surface area contributed by atoms with E-state index >= 15 is 0 Å². The highest BCUT2D eigenvalue weighted by Gasteiger charge is 2.21. The Kier molecular flexibility index (Phi) is 6.03. The van der Waals surface area contributed by atoms with Crippen LogP contribution in [0.3, 0.4) is 0 Å². The van der Waals surface area contributed by atoms with Crippen molar-refractivity contribution in [2.45, 2.75) is 0 Å². The lowest BCUT2D eigenvalue weighted by atomic mass is 10.0. The van der Waals surface area contributed by atoms with Crippen molar-refractivity contribution in [2.24, 2.45) is 0 Å². The number of fused-ring (bicyclic) bond motifs is 6. The molecule has 0 spiro atoms. The van der Waals surface area contributed by atoms with Crippen LogP contribution in [0.1, 0.15) is 0 Å². The van der Waals surface area contributed by atoms with E-state index in [1.165, 1.54) is 58.8 Å². The molecule has 0 saturated heterocycles. The number of thiophene rings is 1. The lowest BCUT2D eigenvalue weighted by Crippen LogP contribution is -2.10. The van der Waals surface area contributed by atoms with Gasteiger partial charge in [0, 0.05) is 48.0 Å². The van der Waals surface area contributed by atoms with Gasteiger partial charge in [-0.05, 0) is 77.9 Å². The molecule has 0 fully saturated rings. The van der Waals surface area contributed by atoms with Crippen molar-refractivity contribution in [3.63, 3.8) is 0 Å². The predicted molar refractivity (Wildman–Crippen MR) is 194 cm³/mol. The highest BCUT2D eigenvalue weighted by molar-refractivity contribution is 7.25. The van der Waals surface area contributed by atoms with E-state index in [9.17, 15) is 0 Å². The number of hydrogen-bond acceptors (Lipinski definition) is 2. The fourth-order valence-corrected chi connectivity index (χ4v) is 7.86. The number of nitrogens with zero attached hydrogens (tertiary/aromatic N) is 2. The average molecular weight is 593 g/mol. The fraction of sp³-hybridized carbons (Fsp3) is 0. The van der Waals surface area contributed by atoms with E-state index in [1.807, 2.05) is 11.3 Å². The highest BCUT2D eigenvalue weighted by Crippen LogP contribution is 2.45. The summed E-state index contributed by atoms with van der Waals surface area (Å²) >= 11 is 1.86. The number of para-hydroxylation sites is 2. The minimum Gasteiger partial charge on any atom is -0.310 e. The maximum Gasteiger partial charge on any atom is 0.0562 e. The lowest BCUT2D eigenvalue weighted by Gasteiger charge is -2.27. The molecule has 9 rings (SSSR count). The van der Waals surface area contributed by atoms with Crippen molar-refractivity contribution in [3.05, 3.63) is 170 Å². The van der Waals surface area contributed by atoms with Gasteiger partial charge in [-0.2, -0.15) is 0 Å². The second-order valence-corrected chi connectivity index (χ2v) is 12.5. The molecular weight excluding hydrogens is 565 g/mol. The smallest absolute Gasteiger partial charge is 0.0562 e. The Morgan fingerprint density at radius 1 is 0.422 bits per heavy atom. The van der Waals surface area contributed by atoms with Crippen LogP contribution in [0.5, 0.6) is 0 Å². The molecule has 0 aliphatic heterocycles. The van der Waals surface area contributed by atoms with Crippen molar-refractivity contribution >= 4 is 70.4 Å². The molecule has 0 aliphatic carbocycles. The third kappa shape index (κ3) is 4.24. The molecule has 7 aromatic carbocycles. The van der Waals surface area contributed by atoms with Gasteiger partial charge in [-0.25, -0.2) is 0 Å². The van der Waals surface area contributed by atoms with E-state index in [0.29, 0.717) is 0 Å². The van der Waals surface area contributed by atoms with E-state index in [4.69, 9.17) is 0 Å². The second kappa shape index (κ2) is 10.5. The van der Waals surface area contributed by atoms with Gasteiger partial charge in [0.25, 0.3) is 0 Å². The Bertz CT molecular complexity index is 2490. The Balaban J connectivity index is 1.31. The first kappa shape index (κ1) is 25.8. The summed E-state index contributed by atoms with van der Waals surface area (Å²) in [5.74, 6) is 0. The van der Waals surface area contributed by atoms with Gasteiger partial charge in [0.15, 0.2) is 0 Å². The van der Waals surface area contributed by atoms with Crippen molar-refractivity contribution < 1.29 is 0 Å². The van der Waals surface area contributed by atoms with Crippen LogP contribution in [0.25, 0.3) is 58.8 Å². The maximum absolute atomic E-state index is 2.43. The van der Waals surface area contributed by atoms with Crippen LogP contribution < -0.4 is 4.90 Å². The molecule has 45 heavy (non-hydrogen) atoms. The van der Waals surface area contributed by atoms with Gasteiger partial charge in [-0.1, -0.05) is 103 Å². The summed E-state index contributed by atoms with van der Waals surface area (Å²) in [5.41, 5.74) is 9.36. The molecule has 9 aromatic rings. The van der Waals surface area contributed by atoms with Gasteiger partial charge in [-0.15, -0.1) is 11.3 Å². The summed E-state index contributed by atoms with van der Waals surface area (Å²) in [7, 11) is 0. The number of aromatic nitrogens is 1. The molecule has 212 valence electrons. The summed E-state index contributed by atoms with van der Waals surface area (Å²) in [6.45, 7) is 0. The zero-order valence-electron chi connectivity index (χ0n) is 24.5. The minimum atomic E-state index is 1.12. The quantitative estimate of drug-likeness (QED) is 0.193. The monoisotopic (exact) mass is 592 g/mol. The number of anilines is 3. The van der Waals surface area contributed by atoms with Crippen LogP contribution in [0.2, 0.25) is 0 Å². The molecule has 2 nitrogen and oxygen atoms in total. The summed E-state index contributed by atoms with van der Waals surface area (Å²) in [6, 6.07) is 61.4. The highest BCUT2D eigenvalue weighted by atomic mass is 32.1. The van der Waals surface area contributed by atoms with Crippen LogP contribution in [0, 0.1) is 0 Å².